The maximum Gasteiger partial charge on any atom is 0.311 e. The van der Waals surface area contributed by atoms with Crippen molar-refractivity contribution in [2.75, 3.05) is 0 Å². The minimum Gasteiger partial charge on any atom is -0.481 e. The molecule has 136 valence electrons. The molecule has 5 heteroatoms. The number of halogens is 2. The van der Waals surface area contributed by atoms with Crippen molar-refractivity contribution in [2.24, 2.45) is 10.8 Å². The Bertz CT molecular complexity index is 955. The molecule has 1 aromatic carbocycles. The molecule has 0 amide bonds. The molecule has 2 aromatic rings. The summed E-state index contributed by atoms with van der Waals surface area (Å²) < 4.78 is 0.119. The second kappa shape index (κ2) is 5.60. The van der Waals surface area contributed by atoms with Gasteiger partial charge in [0, 0.05) is 10.3 Å². The van der Waals surface area contributed by atoms with Crippen molar-refractivity contribution in [3.63, 3.8) is 0 Å². The van der Waals surface area contributed by atoms with Gasteiger partial charge < -0.3 is 5.11 Å². The lowest BCUT2D eigenvalue weighted by molar-refractivity contribution is -0.144. The summed E-state index contributed by atoms with van der Waals surface area (Å²) in [6.45, 7) is 5.79. The molecule has 1 aromatic heterocycles. The summed E-state index contributed by atoms with van der Waals surface area (Å²) in [6, 6.07) is 8.40. The van der Waals surface area contributed by atoms with Crippen LogP contribution in [0, 0.1) is 10.8 Å². The van der Waals surface area contributed by atoms with Crippen LogP contribution in [0.5, 0.6) is 0 Å². The van der Waals surface area contributed by atoms with Gasteiger partial charge in [0.05, 0.1) is 5.41 Å². The number of carbonyl (C=O) groups is 1. The molecule has 0 unspecified atom stereocenters. The maximum absolute atomic E-state index is 12.3. The van der Waals surface area contributed by atoms with Crippen LogP contribution in [0.1, 0.15) is 37.5 Å². The summed E-state index contributed by atoms with van der Waals surface area (Å²) in [6.07, 6.45) is 3.63. The molecule has 1 saturated carbocycles. The molecule has 0 radical (unpaired) electrons. The number of thiophene rings is 1. The van der Waals surface area contributed by atoms with E-state index in [1.54, 1.807) is 24.3 Å². The third-order valence-corrected chi connectivity index (χ3v) is 8.16. The number of aliphatic carboxylic acids is 1. The Kier molecular flexibility index (Phi) is 3.90. The number of aryl methyl sites for hydroxylation is 1. The molecule has 2 aliphatic carbocycles. The lowest BCUT2D eigenvalue weighted by atomic mass is 9.78. The van der Waals surface area contributed by atoms with Crippen LogP contribution in [0.2, 0.25) is 0 Å². The van der Waals surface area contributed by atoms with Crippen LogP contribution in [0.15, 0.2) is 40.2 Å². The van der Waals surface area contributed by atoms with E-state index >= 15 is 0 Å². The van der Waals surface area contributed by atoms with Crippen LogP contribution in [0.4, 0.5) is 0 Å². The van der Waals surface area contributed by atoms with Crippen LogP contribution in [0.25, 0.3) is 10.4 Å². The van der Waals surface area contributed by atoms with Crippen LogP contribution < -0.4 is 0 Å². The van der Waals surface area contributed by atoms with Gasteiger partial charge in [0.15, 0.2) is 0 Å². The Labute approximate surface area is 167 Å². The first-order chi connectivity index (χ1) is 12.2. The van der Waals surface area contributed by atoms with Gasteiger partial charge in [-0.3, -0.25) is 4.79 Å². The van der Waals surface area contributed by atoms with Gasteiger partial charge in [0.25, 0.3) is 0 Å². The zero-order valence-corrected chi connectivity index (χ0v) is 17.2. The average molecular weight is 407 g/mol. The van der Waals surface area contributed by atoms with Crippen molar-refractivity contribution >= 4 is 40.5 Å². The maximum atomic E-state index is 12.3. The fourth-order valence-corrected chi connectivity index (χ4v) is 6.54. The van der Waals surface area contributed by atoms with Crippen LogP contribution in [0.3, 0.4) is 0 Å². The Morgan fingerprint density at radius 2 is 1.92 bits per heavy atom. The zero-order valence-electron chi connectivity index (χ0n) is 14.9. The number of carboxylic acids is 1. The summed E-state index contributed by atoms with van der Waals surface area (Å²) >= 11 is 13.9. The summed E-state index contributed by atoms with van der Waals surface area (Å²) in [5.41, 5.74) is 2.65. The van der Waals surface area contributed by atoms with Crippen LogP contribution >= 0.6 is 34.5 Å². The highest BCUT2D eigenvalue weighted by molar-refractivity contribution is 7.13. The zero-order chi connectivity index (χ0) is 18.9. The van der Waals surface area contributed by atoms with Crippen LogP contribution in [-0.2, 0) is 23.1 Å². The molecule has 2 aliphatic rings. The third-order valence-electron chi connectivity index (χ3n) is 6.95. The molecular formula is C21H20Cl2O2S. The van der Waals surface area contributed by atoms with Crippen molar-refractivity contribution in [3.05, 3.63) is 56.9 Å². The van der Waals surface area contributed by atoms with Crippen LogP contribution in [-0.4, -0.2) is 11.1 Å². The Hall–Kier alpha value is -1.29. The van der Waals surface area contributed by atoms with E-state index in [1.807, 2.05) is 19.9 Å². The Balaban J connectivity index is 2.02. The van der Waals surface area contributed by atoms with E-state index in [0.717, 1.165) is 18.4 Å². The Morgan fingerprint density at radius 1 is 1.19 bits per heavy atom. The second-order valence-corrected chi connectivity index (χ2v) is 9.83. The van der Waals surface area contributed by atoms with E-state index in [0.29, 0.717) is 0 Å². The second-order valence-electron chi connectivity index (χ2n) is 7.90. The first-order valence-corrected chi connectivity index (χ1v) is 10.3. The highest BCUT2D eigenvalue weighted by atomic mass is 35.5. The standard InChI is InChI=1S/C21H20Cl2O2S/c1-19(2)20(3,18(24)25)21(19,11-16(22)23)15-6-4-5-14-13(15)8-7-12-9-10-26-17(12)14/h4-6,9-11H,7-8H2,1-3H3,(H,24,25)/t20-,21+/m0/s1. The van der Waals surface area contributed by atoms with Crippen molar-refractivity contribution in [2.45, 2.75) is 39.0 Å². The quantitative estimate of drug-likeness (QED) is 0.658. The minimum absolute atomic E-state index is 0.119. The molecule has 1 heterocycles. The van der Waals surface area contributed by atoms with E-state index in [9.17, 15) is 9.90 Å². The SMILES string of the molecule is CC1(C)[C@](C)(C(=O)O)[C@]1(C=C(Cl)Cl)c1cccc2c1CCc1ccsc1-2. The van der Waals surface area contributed by atoms with Gasteiger partial charge in [-0.25, -0.2) is 0 Å². The van der Waals surface area contributed by atoms with E-state index in [4.69, 9.17) is 23.2 Å². The fraction of sp³-hybridized carbons (Fsp3) is 0.381. The largest absolute Gasteiger partial charge is 0.481 e. The molecule has 0 spiro atoms. The highest BCUT2D eigenvalue weighted by Crippen LogP contribution is 2.80. The number of fused-ring (bicyclic) bond motifs is 3. The van der Waals surface area contributed by atoms with Gasteiger partial charge >= 0.3 is 5.97 Å². The van der Waals surface area contributed by atoms with E-state index in [2.05, 4.69) is 23.6 Å². The average Bonchev–Trinajstić information content (AvgIpc) is 2.94. The van der Waals surface area contributed by atoms with E-state index in [1.165, 1.54) is 21.6 Å². The molecular weight excluding hydrogens is 387 g/mol. The smallest absolute Gasteiger partial charge is 0.311 e. The molecule has 0 bridgehead atoms. The molecule has 1 N–H and O–H groups in total. The van der Waals surface area contributed by atoms with E-state index in [-0.39, 0.29) is 4.49 Å². The molecule has 0 aliphatic heterocycles. The first kappa shape index (κ1) is 18.1. The lowest BCUT2D eigenvalue weighted by Gasteiger charge is -2.26. The number of rotatable bonds is 3. The topological polar surface area (TPSA) is 37.3 Å². The van der Waals surface area contributed by atoms with Crippen molar-refractivity contribution in [1.82, 2.24) is 0 Å². The number of allylic oxidation sites excluding steroid dienone is 1. The number of hydrogen-bond donors (Lipinski definition) is 1. The first-order valence-electron chi connectivity index (χ1n) is 8.65. The highest BCUT2D eigenvalue weighted by Gasteiger charge is 2.83. The van der Waals surface area contributed by atoms with Gasteiger partial charge in [-0.1, -0.05) is 55.2 Å². The van der Waals surface area contributed by atoms with Crippen molar-refractivity contribution in [1.29, 1.82) is 0 Å². The number of hydrogen-bond acceptors (Lipinski definition) is 2. The molecule has 2 atom stereocenters. The molecule has 26 heavy (non-hydrogen) atoms. The predicted octanol–water partition coefficient (Wildman–Crippen LogP) is 6.20. The minimum atomic E-state index is -0.972. The van der Waals surface area contributed by atoms with Crippen molar-refractivity contribution in [3.8, 4) is 10.4 Å². The molecule has 2 nitrogen and oxygen atoms in total. The summed E-state index contributed by atoms with van der Waals surface area (Å²) in [5, 5.41) is 12.2. The van der Waals surface area contributed by atoms with E-state index < -0.39 is 22.2 Å². The number of carboxylic acid groups (broad SMARTS) is 1. The third kappa shape index (κ3) is 1.97. The van der Waals surface area contributed by atoms with Gasteiger partial charge in [-0.2, -0.15) is 0 Å². The summed E-state index contributed by atoms with van der Waals surface area (Å²) in [7, 11) is 0. The van der Waals surface area contributed by atoms with Gasteiger partial charge in [-0.15, -0.1) is 11.3 Å². The van der Waals surface area contributed by atoms with Crippen molar-refractivity contribution < 1.29 is 9.90 Å². The van der Waals surface area contributed by atoms with Gasteiger partial charge in [0.1, 0.15) is 4.49 Å². The van der Waals surface area contributed by atoms with Gasteiger partial charge in [0.2, 0.25) is 0 Å². The van der Waals surface area contributed by atoms with Gasteiger partial charge in [-0.05, 0) is 65.0 Å². The fourth-order valence-electron chi connectivity index (χ4n) is 5.21. The lowest BCUT2D eigenvalue weighted by Crippen LogP contribution is -2.24. The normalized spacial score (nSPS) is 28.0. The summed E-state index contributed by atoms with van der Waals surface area (Å²) in [5.74, 6) is -0.821. The Morgan fingerprint density at radius 3 is 2.54 bits per heavy atom. The monoisotopic (exact) mass is 406 g/mol. The molecule has 4 rings (SSSR count). The molecule has 0 saturated heterocycles. The molecule has 1 fully saturated rings. The number of benzene rings is 1. The summed E-state index contributed by atoms with van der Waals surface area (Å²) in [4.78, 5) is 13.6. The predicted molar refractivity (Wildman–Crippen MR) is 108 cm³/mol.